The molecule has 0 aliphatic heterocycles. The average molecular weight is 553 g/mol. The second kappa shape index (κ2) is 11.1. The Bertz CT molecular complexity index is 1620. The second-order valence-corrected chi connectivity index (χ2v) is 10.8. The Morgan fingerprint density at radius 2 is 1.85 bits per heavy atom. The molecule has 2 heterocycles. The maximum atomic E-state index is 13.5. The fraction of sp³-hybridized carbons (Fsp3) is 0.222. The van der Waals surface area contributed by atoms with Crippen LogP contribution in [0.15, 0.2) is 70.2 Å². The van der Waals surface area contributed by atoms with E-state index < -0.39 is 16.0 Å². The van der Waals surface area contributed by atoms with E-state index in [-0.39, 0.29) is 51.8 Å². The number of carboxylic acid groups (broad SMARTS) is 1. The van der Waals surface area contributed by atoms with Crippen molar-refractivity contribution in [2.24, 2.45) is 5.92 Å². The number of carbonyl (C=O) groups excluding carboxylic acids is 1. The highest BCUT2D eigenvalue weighted by Crippen LogP contribution is 2.36. The van der Waals surface area contributed by atoms with Crippen molar-refractivity contribution in [3.05, 3.63) is 83.4 Å². The van der Waals surface area contributed by atoms with E-state index in [1.807, 2.05) is 19.1 Å². The first kappa shape index (κ1) is 27.6. The van der Waals surface area contributed by atoms with Gasteiger partial charge in [-0.1, -0.05) is 32.0 Å². The van der Waals surface area contributed by atoms with Crippen LogP contribution in [0.3, 0.4) is 0 Å². The molecule has 0 unspecified atom stereocenters. The summed E-state index contributed by atoms with van der Waals surface area (Å²) in [5.74, 6) is -1.56. The lowest BCUT2D eigenvalue weighted by molar-refractivity contribution is -0.118. The molecule has 1 amide bonds. The monoisotopic (exact) mass is 552 g/mol. The van der Waals surface area contributed by atoms with Crippen molar-refractivity contribution in [1.29, 1.82) is 0 Å². The molecule has 0 aliphatic carbocycles. The Balaban J connectivity index is 1.82. The normalized spacial score (nSPS) is 11.5. The number of rotatable bonds is 10. The van der Waals surface area contributed by atoms with E-state index in [2.05, 4.69) is 15.1 Å². The lowest BCUT2D eigenvalue weighted by Crippen LogP contribution is -2.24. The van der Waals surface area contributed by atoms with Crippen LogP contribution in [0.5, 0.6) is 11.6 Å². The van der Waals surface area contributed by atoms with Gasteiger partial charge >= 0.3 is 5.97 Å². The number of anilines is 1. The highest BCUT2D eigenvalue weighted by molar-refractivity contribution is 7.89. The fourth-order valence-electron chi connectivity index (χ4n) is 3.70. The van der Waals surface area contributed by atoms with E-state index in [0.29, 0.717) is 11.4 Å². The summed E-state index contributed by atoms with van der Waals surface area (Å²) in [6.45, 7) is 6.66. The quantitative estimate of drug-likeness (QED) is 0.257. The predicted molar refractivity (Wildman–Crippen MR) is 143 cm³/mol. The number of aryl methyl sites for hydroxylation is 1. The number of benzene rings is 2. The number of carboxylic acids is 1. The van der Waals surface area contributed by atoms with Gasteiger partial charge in [0.15, 0.2) is 5.69 Å². The summed E-state index contributed by atoms with van der Waals surface area (Å²) < 4.78 is 42.1. The SMILES string of the molecule is Cc1ccccc1-n1nc(C(=O)O)c(C)c1Oc1ccc(NC(=O)C(C)C)cc1S(=O)(=O)NCc1ccco1. The van der Waals surface area contributed by atoms with Crippen LogP contribution in [0.1, 0.15) is 41.2 Å². The standard InChI is InChI=1S/C27H28N4O7S/c1-16(2)25(32)29-19-11-12-22(23(14-19)39(35,36)28-15-20-9-7-13-37-20)38-26-18(4)24(27(33)34)30-31(26)21-10-6-5-8-17(21)3/h5-14,16,28H,15H2,1-4H3,(H,29,32)(H,33,34). The highest BCUT2D eigenvalue weighted by atomic mass is 32.2. The second-order valence-electron chi connectivity index (χ2n) is 9.09. The number of hydrogen-bond donors (Lipinski definition) is 3. The number of amides is 1. The number of hydrogen-bond acceptors (Lipinski definition) is 7. The Morgan fingerprint density at radius 3 is 2.49 bits per heavy atom. The van der Waals surface area contributed by atoms with E-state index in [4.69, 9.17) is 9.15 Å². The number of carbonyl (C=O) groups is 2. The number of ether oxygens (including phenoxy) is 1. The molecule has 0 atom stereocenters. The Hall–Kier alpha value is -4.42. The first-order valence-electron chi connectivity index (χ1n) is 12.0. The van der Waals surface area contributed by atoms with Crippen LogP contribution in [0.25, 0.3) is 5.69 Å². The van der Waals surface area contributed by atoms with Crippen molar-refractivity contribution in [3.8, 4) is 17.3 Å². The Morgan fingerprint density at radius 1 is 1.10 bits per heavy atom. The molecule has 0 bridgehead atoms. The minimum Gasteiger partial charge on any atom is -0.476 e. The van der Waals surface area contributed by atoms with E-state index in [1.54, 1.807) is 38.1 Å². The van der Waals surface area contributed by atoms with Crippen LogP contribution < -0.4 is 14.8 Å². The number of aromatic carboxylic acids is 1. The molecule has 4 rings (SSSR count). The highest BCUT2D eigenvalue weighted by Gasteiger charge is 2.27. The van der Waals surface area contributed by atoms with Crippen LogP contribution in [0.2, 0.25) is 0 Å². The largest absolute Gasteiger partial charge is 0.476 e. The van der Waals surface area contributed by atoms with Gasteiger partial charge in [-0.15, -0.1) is 0 Å². The Labute approximate surface area is 225 Å². The summed E-state index contributed by atoms with van der Waals surface area (Å²) in [4.78, 5) is 23.9. The molecule has 0 aliphatic rings. The molecule has 11 nitrogen and oxygen atoms in total. The maximum Gasteiger partial charge on any atom is 0.356 e. The fourth-order valence-corrected chi connectivity index (χ4v) is 4.84. The van der Waals surface area contributed by atoms with Crippen LogP contribution in [-0.2, 0) is 21.4 Å². The summed E-state index contributed by atoms with van der Waals surface area (Å²) in [7, 11) is -4.21. The predicted octanol–water partition coefficient (Wildman–Crippen LogP) is 4.65. The number of sulfonamides is 1. The lowest BCUT2D eigenvalue weighted by Gasteiger charge is -2.16. The summed E-state index contributed by atoms with van der Waals surface area (Å²) in [5, 5.41) is 16.6. The molecule has 39 heavy (non-hydrogen) atoms. The minimum atomic E-state index is -4.21. The van der Waals surface area contributed by atoms with Gasteiger partial charge < -0.3 is 19.6 Å². The molecule has 0 fully saturated rings. The van der Waals surface area contributed by atoms with E-state index in [0.717, 1.165) is 5.56 Å². The van der Waals surface area contributed by atoms with E-state index >= 15 is 0 Å². The van der Waals surface area contributed by atoms with Crippen molar-refractivity contribution >= 4 is 27.6 Å². The van der Waals surface area contributed by atoms with Crippen LogP contribution in [0, 0.1) is 19.8 Å². The van der Waals surface area contributed by atoms with Gasteiger partial charge in [-0.2, -0.15) is 9.78 Å². The van der Waals surface area contributed by atoms with Gasteiger partial charge in [0.25, 0.3) is 0 Å². The van der Waals surface area contributed by atoms with Gasteiger partial charge in [0, 0.05) is 17.2 Å². The van der Waals surface area contributed by atoms with Crippen LogP contribution >= 0.6 is 0 Å². The minimum absolute atomic E-state index is 0.0307. The smallest absolute Gasteiger partial charge is 0.356 e. The number of para-hydroxylation sites is 1. The summed E-state index contributed by atoms with van der Waals surface area (Å²) in [6, 6.07) is 14.6. The molecule has 2 aromatic heterocycles. The van der Waals surface area contributed by atoms with Crippen molar-refractivity contribution in [2.45, 2.75) is 39.1 Å². The number of nitrogens with one attached hydrogen (secondary N) is 2. The van der Waals surface area contributed by atoms with Gasteiger partial charge in [0.2, 0.25) is 21.8 Å². The van der Waals surface area contributed by atoms with Gasteiger partial charge in [0.1, 0.15) is 16.4 Å². The molecule has 4 aromatic rings. The first-order valence-corrected chi connectivity index (χ1v) is 13.5. The molecular formula is C27H28N4O7S. The zero-order valence-electron chi connectivity index (χ0n) is 21.8. The molecule has 0 spiro atoms. The maximum absolute atomic E-state index is 13.5. The third kappa shape index (κ3) is 6.02. The van der Waals surface area contributed by atoms with Gasteiger partial charge in [-0.05, 0) is 55.8 Å². The molecule has 12 heteroatoms. The molecule has 2 aromatic carbocycles. The summed E-state index contributed by atoms with van der Waals surface area (Å²) in [5.41, 5.74) is 1.56. The summed E-state index contributed by atoms with van der Waals surface area (Å²) >= 11 is 0. The van der Waals surface area contributed by atoms with Crippen molar-refractivity contribution in [1.82, 2.24) is 14.5 Å². The molecule has 0 radical (unpaired) electrons. The zero-order valence-corrected chi connectivity index (χ0v) is 22.6. The first-order chi connectivity index (χ1) is 18.5. The van der Waals surface area contributed by atoms with E-state index in [9.17, 15) is 23.1 Å². The van der Waals surface area contributed by atoms with Crippen LogP contribution in [-0.4, -0.2) is 35.2 Å². The number of aromatic nitrogens is 2. The molecule has 0 saturated carbocycles. The third-order valence-electron chi connectivity index (χ3n) is 5.86. The molecule has 3 N–H and O–H groups in total. The van der Waals surface area contributed by atoms with Gasteiger partial charge in [-0.3, -0.25) is 4.79 Å². The van der Waals surface area contributed by atoms with Crippen molar-refractivity contribution in [3.63, 3.8) is 0 Å². The van der Waals surface area contributed by atoms with Crippen LogP contribution in [0.4, 0.5) is 5.69 Å². The zero-order chi connectivity index (χ0) is 28.3. The lowest BCUT2D eigenvalue weighted by atomic mass is 10.2. The third-order valence-corrected chi connectivity index (χ3v) is 7.29. The molecule has 204 valence electrons. The summed E-state index contributed by atoms with van der Waals surface area (Å²) in [6.07, 6.45) is 1.43. The van der Waals surface area contributed by atoms with Gasteiger partial charge in [-0.25, -0.2) is 17.9 Å². The van der Waals surface area contributed by atoms with Gasteiger partial charge in [0.05, 0.1) is 18.5 Å². The van der Waals surface area contributed by atoms with Crippen molar-refractivity contribution < 1.29 is 32.3 Å². The van der Waals surface area contributed by atoms with E-state index in [1.165, 1.54) is 36.1 Å². The number of furan rings is 1. The number of nitrogens with zero attached hydrogens (tertiary/aromatic N) is 2. The topological polar surface area (TPSA) is 153 Å². The Kier molecular flexibility index (Phi) is 7.88. The van der Waals surface area contributed by atoms with Crippen molar-refractivity contribution in [2.75, 3.05) is 5.32 Å². The molecule has 0 saturated heterocycles. The molecular weight excluding hydrogens is 524 g/mol. The average Bonchev–Trinajstić information content (AvgIpc) is 3.52.